The average molecular weight is 260 g/mol. The molecule has 104 valence electrons. The lowest BCUT2D eigenvalue weighted by atomic mass is 10.1. The zero-order valence-corrected chi connectivity index (χ0v) is 11.7. The van der Waals surface area contributed by atoms with Crippen LogP contribution in [0.4, 0.5) is 0 Å². The minimum absolute atomic E-state index is 0.786. The van der Waals surface area contributed by atoms with Crippen molar-refractivity contribution in [1.29, 1.82) is 0 Å². The summed E-state index contributed by atoms with van der Waals surface area (Å²) in [6.45, 7) is 5.59. The van der Waals surface area contributed by atoms with E-state index in [1.807, 2.05) is 6.08 Å². The third-order valence-electron chi connectivity index (χ3n) is 2.52. The maximum Gasteiger partial charge on any atom is 0.134 e. The summed E-state index contributed by atoms with van der Waals surface area (Å²) >= 11 is 0. The molecule has 0 aliphatic heterocycles. The zero-order valence-electron chi connectivity index (χ0n) is 11.7. The molecule has 0 aromatic heterocycles. The number of aliphatic hydroxyl groups excluding tert-OH is 2. The Kier molecular flexibility index (Phi) is 12.0. The quantitative estimate of drug-likeness (QED) is 0.400. The Hall–Kier alpha value is -1.48. The molecule has 0 aliphatic carbocycles. The van der Waals surface area contributed by atoms with E-state index in [0.29, 0.717) is 0 Å². The molecule has 0 aliphatic rings. The molecule has 0 spiro atoms. The number of allylic oxidation sites excluding steroid dienone is 1. The monoisotopic (exact) mass is 260 g/mol. The minimum Gasteiger partial charge on any atom is -0.377 e. The van der Waals surface area contributed by atoms with Crippen molar-refractivity contribution in [3.8, 4) is 23.7 Å². The maximum atomic E-state index is 9.50. The van der Waals surface area contributed by atoms with Gasteiger partial charge in [-0.15, -0.1) is 0 Å². The van der Waals surface area contributed by atoms with Crippen LogP contribution in [0.5, 0.6) is 0 Å². The van der Waals surface area contributed by atoms with E-state index in [2.05, 4.69) is 37.2 Å². The lowest BCUT2D eigenvalue weighted by Crippen LogP contribution is -1.97. The number of hydrogen-bond acceptors (Lipinski definition) is 2. The lowest BCUT2D eigenvalue weighted by molar-refractivity contribution is 0.280. The fourth-order valence-corrected chi connectivity index (χ4v) is 1.42. The van der Waals surface area contributed by atoms with E-state index in [0.717, 1.165) is 12.8 Å². The molecule has 0 unspecified atom stereocenters. The van der Waals surface area contributed by atoms with E-state index in [-0.39, 0.29) is 0 Å². The molecule has 0 bridgehead atoms. The number of unbranched alkanes of at least 4 members (excludes halogenated alkanes) is 5. The Morgan fingerprint density at radius 1 is 1.00 bits per heavy atom. The first-order valence-corrected chi connectivity index (χ1v) is 6.87. The van der Waals surface area contributed by atoms with Crippen LogP contribution in [0, 0.1) is 23.7 Å². The van der Waals surface area contributed by atoms with Crippen molar-refractivity contribution in [2.24, 2.45) is 0 Å². The molecule has 0 aromatic rings. The summed E-state index contributed by atoms with van der Waals surface area (Å²) in [4.78, 5) is 0. The minimum atomic E-state index is -0.856. The molecule has 0 radical (unpaired) electrons. The van der Waals surface area contributed by atoms with Gasteiger partial charge in [-0.1, -0.05) is 63.2 Å². The number of rotatable bonds is 8. The second kappa shape index (κ2) is 13.0. The van der Waals surface area contributed by atoms with Crippen molar-refractivity contribution in [3.05, 3.63) is 24.8 Å². The molecule has 2 atom stereocenters. The van der Waals surface area contributed by atoms with Gasteiger partial charge in [0.1, 0.15) is 12.2 Å². The van der Waals surface area contributed by atoms with Gasteiger partial charge in [-0.05, 0) is 30.8 Å². The maximum absolute atomic E-state index is 9.50. The van der Waals surface area contributed by atoms with Crippen LogP contribution in [0.1, 0.15) is 45.4 Å². The van der Waals surface area contributed by atoms with Gasteiger partial charge in [0.25, 0.3) is 0 Å². The highest BCUT2D eigenvalue weighted by atomic mass is 16.3. The van der Waals surface area contributed by atoms with E-state index in [4.69, 9.17) is 5.11 Å². The molecule has 0 amide bonds. The Morgan fingerprint density at radius 2 is 1.63 bits per heavy atom. The molecule has 0 fully saturated rings. The molecule has 2 heteroatoms. The lowest BCUT2D eigenvalue weighted by Gasteiger charge is -1.97. The highest BCUT2D eigenvalue weighted by Gasteiger charge is 1.91. The zero-order chi connectivity index (χ0) is 14.3. The van der Waals surface area contributed by atoms with E-state index >= 15 is 0 Å². The van der Waals surface area contributed by atoms with Crippen molar-refractivity contribution in [2.75, 3.05) is 0 Å². The van der Waals surface area contributed by atoms with E-state index in [1.165, 1.54) is 31.8 Å². The van der Waals surface area contributed by atoms with Gasteiger partial charge < -0.3 is 10.2 Å². The van der Waals surface area contributed by atoms with Gasteiger partial charge in [-0.25, -0.2) is 0 Å². The van der Waals surface area contributed by atoms with Gasteiger partial charge in [0, 0.05) is 0 Å². The topological polar surface area (TPSA) is 40.5 Å². The summed E-state index contributed by atoms with van der Waals surface area (Å²) in [5.41, 5.74) is 0. The van der Waals surface area contributed by atoms with Crippen LogP contribution in [0.15, 0.2) is 24.8 Å². The van der Waals surface area contributed by atoms with Crippen LogP contribution in [0.25, 0.3) is 0 Å². The summed E-state index contributed by atoms with van der Waals surface area (Å²) in [7, 11) is 0. The third-order valence-corrected chi connectivity index (χ3v) is 2.52. The van der Waals surface area contributed by atoms with Gasteiger partial charge in [0.2, 0.25) is 0 Å². The predicted molar refractivity (Wildman–Crippen MR) is 80.3 cm³/mol. The van der Waals surface area contributed by atoms with Gasteiger partial charge in [-0.2, -0.15) is 0 Å². The highest BCUT2D eigenvalue weighted by molar-refractivity contribution is 5.31. The summed E-state index contributed by atoms with van der Waals surface area (Å²) < 4.78 is 0. The van der Waals surface area contributed by atoms with Crippen LogP contribution >= 0.6 is 0 Å². The fraction of sp³-hybridized carbons (Fsp3) is 0.529. The molecule has 0 rings (SSSR count). The Bertz CT molecular complexity index is 374. The molecule has 0 aromatic carbocycles. The molecule has 0 heterocycles. The van der Waals surface area contributed by atoms with E-state index in [9.17, 15) is 5.11 Å². The summed E-state index contributed by atoms with van der Waals surface area (Å²) in [6, 6.07) is 0. The van der Waals surface area contributed by atoms with Gasteiger partial charge in [-0.3, -0.25) is 0 Å². The van der Waals surface area contributed by atoms with Crippen molar-refractivity contribution in [2.45, 2.75) is 57.7 Å². The Morgan fingerprint density at radius 3 is 2.26 bits per heavy atom. The third kappa shape index (κ3) is 12.8. The fourth-order valence-electron chi connectivity index (χ4n) is 1.42. The van der Waals surface area contributed by atoms with Crippen LogP contribution < -0.4 is 0 Å². The number of hydrogen-bond donors (Lipinski definition) is 2. The summed E-state index contributed by atoms with van der Waals surface area (Å²) in [5.74, 6) is 10.00. The first-order chi connectivity index (χ1) is 9.20. The van der Waals surface area contributed by atoms with Crippen molar-refractivity contribution in [3.63, 3.8) is 0 Å². The molecular weight excluding hydrogens is 236 g/mol. The first-order valence-electron chi connectivity index (χ1n) is 6.87. The molecule has 2 N–H and O–H groups in total. The van der Waals surface area contributed by atoms with Crippen LogP contribution in [-0.2, 0) is 0 Å². The van der Waals surface area contributed by atoms with Crippen molar-refractivity contribution < 1.29 is 10.2 Å². The number of aliphatic hydroxyl groups is 2. The van der Waals surface area contributed by atoms with Gasteiger partial charge >= 0.3 is 0 Å². The van der Waals surface area contributed by atoms with Gasteiger partial charge in [0.05, 0.1) is 0 Å². The van der Waals surface area contributed by atoms with Crippen molar-refractivity contribution >= 4 is 0 Å². The molecule has 2 nitrogen and oxygen atoms in total. The predicted octanol–water partition coefficient (Wildman–Crippen LogP) is 2.82. The Labute approximate surface area is 117 Å². The molecule has 19 heavy (non-hydrogen) atoms. The Balaban J connectivity index is 3.78. The van der Waals surface area contributed by atoms with Crippen molar-refractivity contribution in [1.82, 2.24) is 0 Å². The van der Waals surface area contributed by atoms with E-state index < -0.39 is 12.2 Å². The van der Waals surface area contributed by atoms with Crippen LogP contribution in [-0.4, -0.2) is 22.4 Å². The normalized spacial score (nSPS) is 13.0. The largest absolute Gasteiger partial charge is 0.377 e. The van der Waals surface area contributed by atoms with Crippen LogP contribution in [0.2, 0.25) is 0 Å². The SMILES string of the molecule is C=C[C@H](O)C#CC#C[C@H](O)C=CCCCCCCC. The smallest absolute Gasteiger partial charge is 0.134 e. The molecule has 0 saturated heterocycles. The highest BCUT2D eigenvalue weighted by Crippen LogP contribution is 2.05. The van der Waals surface area contributed by atoms with E-state index in [1.54, 1.807) is 6.08 Å². The second-order valence-corrected chi connectivity index (χ2v) is 4.30. The van der Waals surface area contributed by atoms with Gasteiger partial charge in [0.15, 0.2) is 0 Å². The second-order valence-electron chi connectivity index (χ2n) is 4.30. The molecular formula is C17H24O2. The average Bonchev–Trinajstić information content (AvgIpc) is 2.42. The summed E-state index contributed by atoms with van der Waals surface area (Å²) in [6.07, 6.45) is 10.5. The first kappa shape index (κ1) is 17.5. The van der Waals surface area contributed by atoms with Crippen LogP contribution in [0.3, 0.4) is 0 Å². The standard InChI is InChI=1S/C17H24O2/c1-3-5-6-7-8-9-10-14-17(19)15-12-11-13-16(18)4-2/h4,10,14,16-19H,2-3,5-9H2,1H3/t16-,17+/m0/s1. The molecule has 0 saturated carbocycles. The summed E-state index contributed by atoms with van der Waals surface area (Å²) in [5, 5.41) is 18.6.